The van der Waals surface area contributed by atoms with Crippen LogP contribution in [0.2, 0.25) is 0 Å². The Bertz CT molecular complexity index is 1440. The second kappa shape index (κ2) is 6.81. The van der Waals surface area contributed by atoms with Crippen LogP contribution in [0.5, 0.6) is 0 Å². The van der Waals surface area contributed by atoms with Gasteiger partial charge in [0.2, 0.25) is 0 Å². The van der Waals surface area contributed by atoms with Gasteiger partial charge in [0.25, 0.3) is 0 Å². The Morgan fingerprint density at radius 3 is 1.71 bits per heavy atom. The van der Waals surface area contributed by atoms with E-state index in [0.717, 1.165) is 4.47 Å². The van der Waals surface area contributed by atoms with Crippen molar-refractivity contribution >= 4 is 48.2 Å². The first-order valence-electron chi connectivity index (χ1n) is 11.1. The monoisotopic (exact) mass is 468 g/mol. The largest absolute Gasteiger partial charge is 0.0616 e. The Hall–Kier alpha value is -2.38. The highest BCUT2D eigenvalue weighted by atomic mass is 79.9. The van der Waals surface area contributed by atoms with Gasteiger partial charge in [-0.25, -0.2) is 0 Å². The molecule has 0 atom stereocenters. The lowest BCUT2D eigenvalue weighted by atomic mass is 9.79. The third kappa shape index (κ3) is 3.34. The normalized spacial score (nSPS) is 13.0. The summed E-state index contributed by atoms with van der Waals surface area (Å²) in [6.45, 7) is 13.8. The Balaban J connectivity index is 2.01. The lowest BCUT2D eigenvalue weighted by molar-refractivity contribution is 0.591. The van der Waals surface area contributed by atoms with Crippen molar-refractivity contribution in [2.24, 2.45) is 0 Å². The van der Waals surface area contributed by atoms with E-state index in [1.165, 1.54) is 54.6 Å². The van der Waals surface area contributed by atoms with Gasteiger partial charge in [-0.05, 0) is 83.6 Å². The summed E-state index contributed by atoms with van der Waals surface area (Å²) in [6.07, 6.45) is 0. The Kier molecular flexibility index (Phi) is 4.51. The van der Waals surface area contributed by atoms with Gasteiger partial charge in [0, 0.05) is 4.47 Å². The number of rotatable bonds is 1. The summed E-state index contributed by atoms with van der Waals surface area (Å²) >= 11 is 3.82. The topological polar surface area (TPSA) is 0 Å². The van der Waals surface area contributed by atoms with Crippen LogP contribution in [-0.2, 0) is 10.8 Å². The molecule has 0 radical (unpaired) electrons. The van der Waals surface area contributed by atoms with Crippen LogP contribution in [0.15, 0.2) is 71.2 Å². The van der Waals surface area contributed by atoms with Crippen LogP contribution >= 0.6 is 15.9 Å². The molecule has 0 fully saturated rings. The first-order valence-corrected chi connectivity index (χ1v) is 11.9. The molecule has 0 heterocycles. The van der Waals surface area contributed by atoms with Gasteiger partial charge < -0.3 is 0 Å². The average Bonchev–Trinajstić information content (AvgIpc) is 2.70. The predicted molar refractivity (Wildman–Crippen MR) is 141 cm³/mol. The minimum atomic E-state index is 0.0923. The Labute approximate surface area is 193 Å². The van der Waals surface area contributed by atoms with E-state index < -0.39 is 0 Å². The summed E-state index contributed by atoms with van der Waals surface area (Å²) in [4.78, 5) is 0. The molecule has 0 N–H and O–H groups in total. The Morgan fingerprint density at radius 1 is 0.548 bits per heavy atom. The number of halogens is 1. The highest BCUT2D eigenvalue weighted by Crippen LogP contribution is 2.45. The molecule has 0 unspecified atom stereocenters. The molecule has 5 aromatic carbocycles. The quantitative estimate of drug-likeness (QED) is 0.214. The minimum absolute atomic E-state index is 0.0923. The standard InChI is InChI=1S/C30H29Br/c1-29(2,3)21-13-18-11-12-19-14-22(30(4,5)6)17-25-24(23-9-7-8-10-26(23)31)16-20(15-21)27(18)28(19)25/h7-17H,1-6H3. The van der Waals surface area contributed by atoms with Crippen molar-refractivity contribution in [3.8, 4) is 11.1 Å². The van der Waals surface area contributed by atoms with Crippen molar-refractivity contribution in [1.29, 1.82) is 0 Å². The van der Waals surface area contributed by atoms with Crippen molar-refractivity contribution < 1.29 is 0 Å². The number of benzene rings is 5. The van der Waals surface area contributed by atoms with Crippen molar-refractivity contribution in [2.75, 3.05) is 0 Å². The molecule has 0 saturated carbocycles. The van der Waals surface area contributed by atoms with Gasteiger partial charge in [-0.1, -0.05) is 106 Å². The van der Waals surface area contributed by atoms with Gasteiger partial charge in [0.05, 0.1) is 0 Å². The molecule has 0 aliphatic carbocycles. The molecule has 5 aromatic rings. The molecule has 0 nitrogen and oxygen atoms in total. The predicted octanol–water partition coefficient (Wildman–Crippen LogP) is 9.61. The van der Waals surface area contributed by atoms with Gasteiger partial charge in [-0.3, -0.25) is 0 Å². The Morgan fingerprint density at radius 2 is 1.10 bits per heavy atom. The van der Waals surface area contributed by atoms with Crippen LogP contribution in [-0.4, -0.2) is 0 Å². The van der Waals surface area contributed by atoms with E-state index in [-0.39, 0.29) is 10.8 Å². The van der Waals surface area contributed by atoms with E-state index in [0.29, 0.717) is 0 Å². The first-order chi connectivity index (χ1) is 14.5. The third-order valence-corrected chi connectivity index (χ3v) is 7.24. The lowest BCUT2D eigenvalue weighted by Gasteiger charge is -2.25. The highest BCUT2D eigenvalue weighted by Gasteiger charge is 2.22. The van der Waals surface area contributed by atoms with E-state index in [4.69, 9.17) is 0 Å². The molecule has 1 heteroatoms. The summed E-state index contributed by atoms with van der Waals surface area (Å²) in [5.74, 6) is 0. The van der Waals surface area contributed by atoms with Crippen molar-refractivity contribution in [3.63, 3.8) is 0 Å². The molecular formula is C30H29Br. The summed E-state index contributed by atoms with van der Waals surface area (Å²) in [5, 5.41) is 8.11. The summed E-state index contributed by atoms with van der Waals surface area (Å²) in [5.41, 5.74) is 5.51. The van der Waals surface area contributed by atoms with Crippen molar-refractivity contribution in [2.45, 2.75) is 52.4 Å². The zero-order chi connectivity index (χ0) is 22.1. The fourth-order valence-electron chi connectivity index (χ4n) is 4.69. The molecule has 0 aliphatic heterocycles. The molecule has 5 rings (SSSR count). The first kappa shape index (κ1) is 20.5. The van der Waals surface area contributed by atoms with E-state index in [2.05, 4.69) is 124 Å². The number of hydrogen-bond donors (Lipinski definition) is 0. The molecule has 0 saturated heterocycles. The van der Waals surface area contributed by atoms with E-state index in [1.807, 2.05) is 0 Å². The zero-order valence-electron chi connectivity index (χ0n) is 19.2. The van der Waals surface area contributed by atoms with Crippen LogP contribution < -0.4 is 0 Å². The van der Waals surface area contributed by atoms with Crippen LogP contribution in [0.25, 0.3) is 43.4 Å². The summed E-state index contributed by atoms with van der Waals surface area (Å²) in [6, 6.07) is 25.2. The van der Waals surface area contributed by atoms with Crippen LogP contribution in [0.4, 0.5) is 0 Å². The fraction of sp³-hybridized carbons (Fsp3) is 0.267. The van der Waals surface area contributed by atoms with Crippen molar-refractivity contribution in [3.05, 3.63) is 82.3 Å². The highest BCUT2D eigenvalue weighted by molar-refractivity contribution is 9.10. The zero-order valence-corrected chi connectivity index (χ0v) is 20.8. The minimum Gasteiger partial charge on any atom is -0.0616 e. The maximum Gasteiger partial charge on any atom is 0.0253 e. The molecule has 0 aliphatic rings. The van der Waals surface area contributed by atoms with Crippen molar-refractivity contribution in [1.82, 2.24) is 0 Å². The average molecular weight is 469 g/mol. The van der Waals surface area contributed by atoms with Crippen LogP contribution in [0.3, 0.4) is 0 Å². The summed E-state index contributed by atoms with van der Waals surface area (Å²) < 4.78 is 1.14. The smallest absolute Gasteiger partial charge is 0.0253 e. The lowest BCUT2D eigenvalue weighted by Crippen LogP contribution is -2.12. The van der Waals surface area contributed by atoms with Gasteiger partial charge in [0.1, 0.15) is 0 Å². The van der Waals surface area contributed by atoms with Gasteiger partial charge in [0.15, 0.2) is 0 Å². The van der Waals surface area contributed by atoms with Gasteiger partial charge >= 0.3 is 0 Å². The molecule has 0 spiro atoms. The van der Waals surface area contributed by atoms with E-state index in [9.17, 15) is 0 Å². The molecule has 156 valence electrons. The summed E-state index contributed by atoms with van der Waals surface area (Å²) in [7, 11) is 0. The van der Waals surface area contributed by atoms with E-state index >= 15 is 0 Å². The van der Waals surface area contributed by atoms with Crippen LogP contribution in [0, 0.1) is 0 Å². The molecule has 0 bridgehead atoms. The maximum absolute atomic E-state index is 3.82. The maximum atomic E-state index is 3.82. The molecule has 0 amide bonds. The second-order valence-corrected chi connectivity index (χ2v) is 11.7. The van der Waals surface area contributed by atoms with Gasteiger partial charge in [-0.15, -0.1) is 0 Å². The fourth-order valence-corrected chi connectivity index (χ4v) is 5.19. The van der Waals surface area contributed by atoms with Gasteiger partial charge in [-0.2, -0.15) is 0 Å². The second-order valence-electron chi connectivity index (χ2n) is 10.9. The molecule has 31 heavy (non-hydrogen) atoms. The van der Waals surface area contributed by atoms with E-state index in [1.54, 1.807) is 0 Å². The molecule has 0 aromatic heterocycles. The third-order valence-electron chi connectivity index (χ3n) is 6.55. The van der Waals surface area contributed by atoms with Crippen LogP contribution in [0.1, 0.15) is 52.7 Å². The molecular weight excluding hydrogens is 440 g/mol. The SMILES string of the molecule is CC(C)(C)c1cc2ccc3cc(C(C)(C)C)cc4c(-c5ccccc5Br)cc(c1)c2c34. The number of hydrogen-bond acceptors (Lipinski definition) is 0.